The van der Waals surface area contributed by atoms with Crippen molar-refractivity contribution in [2.45, 2.75) is 12.5 Å². The van der Waals surface area contributed by atoms with Gasteiger partial charge in [0.25, 0.3) is 0 Å². The molecule has 0 saturated carbocycles. The highest BCUT2D eigenvalue weighted by atomic mass is 16.5. The zero-order chi connectivity index (χ0) is 17.9. The Labute approximate surface area is 151 Å². The molecule has 0 spiro atoms. The van der Waals surface area contributed by atoms with E-state index in [0.29, 0.717) is 12.5 Å². The second-order valence-corrected chi connectivity index (χ2v) is 6.34. The van der Waals surface area contributed by atoms with E-state index in [-0.39, 0.29) is 5.69 Å². The number of hydrogen-bond acceptors (Lipinski definition) is 5. The molecule has 1 aromatic heterocycles. The molecule has 1 fully saturated rings. The average molecular weight is 351 g/mol. The highest BCUT2D eigenvalue weighted by molar-refractivity contribution is 5.36. The molecule has 0 bridgehead atoms. The number of ether oxygens (including phenoxy) is 1. The second-order valence-electron chi connectivity index (χ2n) is 6.34. The smallest absolute Gasteiger partial charge is 0.350 e. The summed E-state index contributed by atoms with van der Waals surface area (Å²) in [6.07, 6.45) is 1.57. The maximum atomic E-state index is 12.7. The van der Waals surface area contributed by atoms with Crippen molar-refractivity contribution in [3.63, 3.8) is 0 Å². The van der Waals surface area contributed by atoms with Gasteiger partial charge in [-0.15, -0.1) is 0 Å². The van der Waals surface area contributed by atoms with Crippen LogP contribution in [0.15, 0.2) is 59.7 Å². The molecule has 0 amide bonds. The van der Waals surface area contributed by atoms with E-state index >= 15 is 0 Å². The minimum Gasteiger partial charge on any atom is -0.497 e. The summed E-state index contributed by atoms with van der Waals surface area (Å²) in [6.45, 7) is 2.23. The number of nitrogens with one attached hydrogen (secondary N) is 2. The van der Waals surface area contributed by atoms with Gasteiger partial charge in [-0.25, -0.2) is 14.0 Å². The first kappa shape index (κ1) is 16.6. The number of rotatable bonds is 5. The van der Waals surface area contributed by atoms with E-state index < -0.39 is 0 Å². The SMILES string of the molecule is COc1cccc(Cn2ncn(-c3ccc(C4CNNC4)cc3)c2=O)c1. The van der Waals surface area contributed by atoms with Crippen molar-refractivity contribution in [2.75, 3.05) is 20.2 Å². The topological polar surface area (TPSA) is 73.1 Å². The van der Waals surface area contributed by atoms with Gasteiger partial charge < -0.3 is 4.74 Å². The molecule has 2 aromatic carbocycles. The first-order valence-corrected chi connectivity index (χ1v) is 8.58. The maximum absolute atomic E-state index is 12.7. The fraction of sp³-hybridized carbons (Fsp3) is 0.263. The molecule has 7 heteroatoms. The molecule has 2 heterocycles. The van der Waals surface area contributed by atoms with E-state index in [1.807, 2.05) is 36.4 Å². The molecule has 1 aliphatic heterocycles. The Hall–Kier alpha value is -2.90. The van der Waals surface area contributed by atoms with E-state index in [1.165, 1.54) is 10.2 Å². The van der Waals surface area contributed by atoms with E-state index in [9.17, 15) is 4.79 Å². The summed E-state index contributed by atoms with van der Waals surface area (Å²) >= 11 is 0. The third-order valence-corrected chi connectivity index (χ3v) is 4.66. The molecule has 26 heavy (non-hydrogen) atoms. The van der Waals surface area contributed by atoms with Crippen LogP contribution in [-0.2, 0) is 6.54 Å². The predicted octanol–water partition coefficient (Wildman–Crippen LogP) is 1.28. The third kappa shape index (κ3) is 3.26. The van der Waals surface area contributed by atoms with Crippen LogP contribution in [0.4, 0.5) is 0 Å². The molecule has 2 N–H and O–H groups in total. The molecule has 7 nitrogen and oxygen atoms in total. The molecule has 3 aromatic rings. The Bertz CT molecular complexity index is 939. The molecular formula is C19H21N5O2. The van der Waals surface area contributed by atoms with Gasteiger partial charge in [0.15, 0.2) is 0 Å². The van der Waals surface area contributed by atoms with Gasteiger partial charge in [0.05, 0.1) is 19.3 Å². The van der Waals surface area contributed by atoms with Crippen LogP contribution in [0.25, 0.3) is 5.69 Å². The van der Waals surface area contributed by atoms with Gasteiger partial charge in [0, 0.05) is 19.0 Å². The van der Waals surface area contributed by atoms with Gasteiger partial charge in [-0.2, -0.15) is 5.10 Å². The number of hydrogen-bond donors (Lipinski definition) is 2. The lowest BCUT2D eigenvalue weighted by molar-refractivity contribution is 0.414. The summed E-state index contributed by atoms with van der Waals surface area (Å²) < 4.78 is 8.25. The molecule has 0 radical (unpaired) electrons. The largest absolute Gasteiger partial charge is 0.497 e. The van der Waals surface area contributed by atoms with E-state index in [4.69, 9.17) is 4.74 Å². The van der Waals surface area contributed by atoms with Crippen molar-refractivity contribution < 1.29 is 4.74 Å². The van der Waals surface area contributed by atoms with E-state index in [0.717, 1.165) is 30.1 Å². The van der Waals surface area contributed by atoms with Gasteiger partial charge in [-0.3, -0.25) is 10.9 Å². The minimum atomic E-state index is -0.162. The van der Waals surface area contributed by atoms with Crippen molar-refractivity contribution >= 4 is 0 Å². The summed E-state index contributed by atoms with van der Waals surface area (Å²) in [4.78, 5) is 12.7. The Morgan fingerprint density at radius 2 is 1.92 bits per heavy atom. The van der Waals surface area contributed by atoms with Crippen LogP contribution < -0.4 is 21.3 Å². The first-order valence-electron chi connectivity index (χ1n) is 8.58. The van der Waals surface area contributed by atoms with Crippen LogP contribution in [0.5, 0.6) is 5.75 Å². The molecule has 4 rings (SSSR count). The van der Waals surface area contributed by atoms with Crippen LogP contribution in [0, 0.1) is 0 Å². The molecule has 134 valence electrons. The van der Waals surface area contributed by atoms with Crippen molar-refractivity contribution in [1.29, 1.82) is 0 Å². The lowest BCUT2D eigenvalue weighted by Crippen LogP contribution is -2.24. The van der Waals surface area contributed by atoms with Gasteiger partial charge in [0.1, 0.15) is 12.1 Å². The normalized spacial score (nSPS) is 14.7. The minimum absolute atomic E-state index is 0.162. The molecule has 1 saturated heterocycles. The van der Waals surface area contributed by atoms with Gasteiger partial charge >= 0.3 is 5.69 Å². The van der Waals surface area contributed by atoms with Crippen LogP contribution >= 0.6 is 0 Å². The number of aromatic nitrogens is 3. The maximum Gasteiger partial charge on any atom is 0.350 e. The summed E-state index contributed by atoms with van der Waals surface area (Å²) in [5.41, 5.74) is 9.14. The Balaban J connectivity index is 1.55. The molecule has 1 aliphatic rings. The van der Waals surface area contributed by atoms with Gasteiger partial charge in [-0.1, -0.05) is 24.3 Å². The predicted molar refractivity (Wildman–Crippen MR) is 98.7 cm³/mol. The Kier molecular flexibility index (Phi) is 4.55. The number of benzene rings is 2. The Morgan fingerprint density at radius 3 is 2.65 bits per heavy atom. The zero-order valence-electron chi connectivity index (χ0n) is 14.6. The Morgan fingerprint density at radius 1 is 1.15 bits per heavy atom. The number of nitrogens with zero attached hydrogens (tertiary/aromatic N) is 3. The van der Waals surface area contributed by atoms with Crippen LogP contribution in [0.1, 0.15) is 17.0 Å². The van der Waals surface area contributed by atoms with E-state index in [1.54, 1.807) is 18.0 Å². The van der Waals surface area contributed by atoms with Crippen LogP contribution in [0.3, 0.4) is 0 Å². The first-order chi connectivity index (χ1) is 12.7. The number of hydrazine groups is 1. The lowest BCUT2D eigenvalue weighted by Gasteiger charge is -2.08. The molecule has 0 atom stereocenters. The van der Waals surface area contributed by atoms with Gasteiger partial charge in [-0.05, 0) is 35.4 Å². The quantitative estimate of drug-likeness (QED) is 0.725. The molecule has 0 unspecified atom stereocenters. The average Bonchev–Trinajstić information content (AvgIpc) is 3.33. The van der Waals surface area contributed by atoms with Crippen molar-refractivity contribution in [3.8, 4) is 11.4 Å². The third-order valence-electron chi connectivity index (χ3n) is 4.66. The van der Waals surface area contributed by atoms with Crippen molar-refractivity contribution in [2.24, 2.45) is 0 Å². The molecule has 0 aliphatic carbocycles. The van der Waals surface area contributed by atoms with Crippen LogP contribution in [-0.4, -0.2) is 34.5 Å². The van der Waals surface area contributed by atoms with Crippen molar-refractivity contribution in [3.05, 3.63) is 76.5 Å². The number of methoxy groups -OCH3 is 1. The summed E-state index contributed by atoms with van der Waals surface area (Å²) in [6, 6.07) is 15.7. The molecular weight excluding hydrogens is 330 g/mol. The fourth-order valence-electron chi connectivity index (χ4n) is 3.17. The van der Waals surface area contributed by atoms with Gasteiger partial charge in [0.2, 0.25) is 0 Å². The summed E-state index contributed by atoms with van der Waals surface area (Å²) in [5.74, 6) is 1.22. The highest BCUT2D eigenvalue weighted by Crippen LogP contribution is 2.18. The summed E-state index contributed by atoms with van der Waals surface area (Å²) in [7, 11) is 1.63. The zero-order valence-corrected chi connectivity index (χ0v) is 14.6. The highest BCUT2D eigenvalue weighted by Gasteiger charge is 2.16. The standard InChI is InChI=1S/C19H21N5O2/c1-26-18-4-2-3-14(9-18)12-24-19(25)23(13-22-24)17-7-5-15(6-8-17)16-10-20-21-11-16/h2-9,13,16,20-21H,10-12H2,1H3. The van der Waals surface area contributed by atoms with E-state index in [2.05, 4.69) is 28.1 Å². The monoisotopic (exact) mass is 351 g/mol. The second kappa shape index (κ2) is 7.15. The van der Waals surface area contributed by atoms with Crippen molar-refractivity contribution in [1.82, 2.24) is 25.2 Å². The fourth-order valence-corrected chi connectivity index (χ4v) is 3.17. The van der Waals surface area contributed by atoms with Crippen LogP contribution in [0.2, 0.25) is 0 Å². The summed E-state index contributed by atoms with van der Waals surface area (Å²) in [5, 5.41) is 4.25. The lowest BCUT2D eigenvalue weighted by atomic mass is 10.0.